The number of rotatable bonds is 7. The van der Waals surface area contributed by atoms with E-state index in [2.05, 4.69) is 25.5 Å². The number of pyridine rings is 1. The summed E-state index contributed by atoms with van der Waals surface area (Å²) in [5.41, 5.74) is 3.54. The summed E-state index contributed by atoms with van der Waals surface area (Å²) >= 11 is 1.65. The topological polar surface area (TPSA) is 111 Å². The number of thiazole rings is 1. The summed E-state index contributed by atoms with van der Waals surface area (Å²) in [6.07, 6.45) is 3.57. The molecule has 1 saturated heterocycles. The Hall–Kier alpha value is -2.21. The van der Waals surface area contributed by atoms with E-state index in [9.17, 15) is 14.7 Å². The van der Waals surface area contributed by atoms with Crippen molar-refractivity contribution in [2.75, 3.05) is 38.0 Å². The number of likely N-dealkylation sites (tertiary alicyclic amines) is 1. The summed E-state index contributed by atoms with van der Waals surface area (Å²) < 4.78 is 0. The smallest absolute Gasteiger partial charge is 0.251 e. The Bertz CT molecular complexity index is 948. The minimum atomic E-state index is -0.640. The average molecular weight is 493 g/mol. The molecule has 0 bridgehead atoms. The maximum absolute atomic E-state index is 12.6. The molecule has 2 aromatic rings. The number of aliphatic hydroxyl groups is 1. The zero-order chi connectivity index (χ0) is 22.5. The maximum Gasteiger partial charge on any atom is 0.251 e. The number of carbonyl (C=O) groups excluding carboxylic acids is 2. The molecule has 2 aliphatic heterocycles. The SMILES string of the molecule is CC(=O)N1CCC(Nc2cc(C(=O)NC[C@H](O)CN3CCc4ncsc4C3)ccn2)CC1.S. The first kappa shape index (κ1) is 25.4. The zero-order valence-corrected chi connectivity index (χ0v) is 20.6. The van der Waals surface area contributed by atoms with E-state index < -0.39 is 6.10 Å². The molecule has 0 aromatic carbocycles. The van der Waals surface area contributed by atoms with E-state index in [-0.39, 0.29) is 37.9 Å². The summed E-state index contributed by atoms with van der Waals surface area (Å²) in [5, 5.41) is 16.6. The molecule has 1 fully saturated rings. The number of hydrogen-bond donors (Lipinski definition) is 3. The third kappa shape index (κ3) is 6.89. The van der Waals surface area contributed by atoms with Gasteiger partial charge >= 0.3 is 0 Å². The number of anilines is 1. The molecule has 180 valence electrons. The Kier molecular flexibility index (Phi) is 9.07. The highest BCUT2D eigenvalue weighted by Crippen LogP contribution is 2.21. The second-order valence-corrected chi connectivity index (χ2v) is 9.36. The van der Waals surface area contributed by atoms with Gasteiger partial charge in [-0.15, -0.1) is 11.3 Å². The fraction of sp³-hybridized carbons (Fsp3) is 0.545. The number of β-amino-alcohol motifs (C(OH)–C–C–N with tert-alkyl or cyclic N) is 1. The molecule has 3 N–H and O–H groups in total. The van der Waals surface area contributed by atoms with Crippen LogP contribution < -0.4 is 10.6 Å². The summed E-state index contributed by atoms with van der Waals surface area (Å²) in [7, 11) is 0. The van der Waals surface area contributed by atoms with E-state index in [0.717, 1.165) is 45.4 Å². The van der Waals surface area contributed by atoms with E-state index >= 15 is 0 Å². The zero-order valence-electron chi connectivity index (χ0n) is 18.8. The number of aromatic nitrogens is 2. The molecule has 1 atom stereocenters. The lowest BCUT2D eigenvalue weighted by Gasteiger charge is -2.32. The van der Waals surface area contributed by atoms with Crippen LogP contribution in [0.3, 0.4) is 0 Å². The number of carbonyl (C=O) groups is 2. The van der Waals surface area contributed by atoms with Crippen molar-refractivity contribution < 1.29 is 14.7 Å². The van der Waals surface area contributed by atoms with Crippen LogP contribution in [0.4, 0.5) is 5.82 Å². The molecule has 2 amide bonds. The number of piperidine rings is 1. The molecule has 2 aromatic heterocycles. The van der Waals surface area contributed by atoms with Crippen LogP contribution in [-0.2, 0) is 17.8 Å². The predicted molar refractivity (Wildman–Crippen MR) is 133 cm³/mol. The second-order valence-electron chi connectivity index (χ2n) is 8.43. The van der Waals surface area contributed by atoms with Gasteiger partial charge in [-0.1, -0.05) is 0 Å². The number of hydrogen-bond acceptors (Lipinski definition) is 8. The largest absolute Gasteiger partial charge is 0.390 e. The number of fused-ring (bicyclic) bond motifs is 1. The van der Waals surface area contributed by atoms with E-state index in [1.807, 2.05) is 10.4 Å². The van der Waals surface area contributed by atoms with Crippen LogP contribution in [0.25, 0.3) is 0 Å². The lowest BCUT2D eigenvalue weighted by Crippen LogP contribution is -2.42. The van der Waals surface area contributed by atoms with Crippen LogP contribution in [0.1, 0.15) is 40.7 Å². The highest BCUT2D eigenvalue weighted by atomic mass is 32.1. The molecule has 0 spiro atoms. The molecule has 0 unspecified atom stereocenters. The highest BCUT2D eigenvalue weighted by Gasteiger charge is 2.22. The van der Waals surface area contributed by atoms with Crippen LogP contribution in [0, 0.1) is 0 Å². The normalized spacial score (nSPS) is 17.6. The molecule has 0 saturated carbocycles. The molecule has 9 nitrogen and oxygen atoms in total. The first-order valence-corrected chi connectivity index (χ1v) is 11.9. The molecular formula is C22H32N6O3S2. The Morgan fingerprint density at radius 2 is 2.06 bits per heavy atom. The Labute approximate surface area is 205 Å². The van der Waals surface area contributed by atoms with E-state index in [1.54, 1.807) is 36.6 Å². The number of aliphatic hydroxyl groups excluding tert-OH is 1. The van der Waals surface area contributed by atoms with Gasteiger partial charge in [0.05, 0.1) is 17.3 Å². The van der Waals surface area contributed by atoms with Crippen molar-refractivity contribution in [1.82, 2.24) is 25.1 Å². The number of nitrogens with one attached hydrogen (secondary N) is 2. The van der Waals surface area contributed by atoms with Gasteiger partial charge in [-0.3, -0.25) is 14.5 Å². The van der Waals surface area contributed by atoms with Gasteiger partial charge in [-0.05, 0) is 25.0 Å². The quantitative estimate of drug-likeness (QED) is 0.533. The van der Waals surface area contributed by atoms with E-state index in [4.69, 9.17) is 0 Å². The van der Waals surface area contributed by atoms with Gasteiger partial charge in [-0.2, -0.15) is 13.5 Å². The van der Waals surface area contributed by atoms with Gasteiger partial charge in [-0.25, -0.2) is 9.97 Å². The van der Waals surface area contributed by atoms with Gasteiger partial charge in [0.1, 0.15) is 5.82 Å². The second kappa shape index (κ2) is 11.8. The Morgan fingerprint density at radius 1 is 1.27 bits per heavy atom. The van der Waals surface area contributed by atoms with Gasteiger partial charge in [0.15, 0.2) is 0 Å². The molecule has 33 heavy (non-hydrogen) atoms. The molecule has 4 heterocycles. The summed E-state index contributed by atoms with van der Waals surface area (Å²) in [5.74, 6) is 0.522. The van der Waals surface area contributed by atoms with Crippen molar-refractivity contribution in [1.29, 1.82) is 0 Å². The van der Waals surface area contributed by atoms with Gasteiger partial charge < -0.3 is 20.6 Å². The van der Waals surface area contributed by atoms with Crippen molar-refractivity contribution in [3.05, 3.63) is 40.0 Å². The molecular weight excluding hydrogens is 460 g/mol. The van der Waals surface area contributed by atoms with Crippen molar-refractivity contribution in [2.45, 2.75) is 44.9 Å². The lowest BCUT2D eigenvalue weighted by molar-refractivity contribution is -0.129. The van der Waals surface area contributed by atoms with Crippen LogP contribution in [-0.4, -0.2) is 81.6 Å². The Balaban J connectivity index is 0.00000306. The van der Waals surface area contributed by atoms with E-state index in [1.165, 1.54) is 10.6 Å². The van der Waals surface area contributed by atoms with Gasteiger partial charge in [0.25, 0.3) is 5.91 Å². The first-order valence-electron chi connectivity index (χ1n) is 11.1. The fourth-order valence-electron chi connectivity index (χ4n) is 4.20. The minimum absolute atomic E-state index is 0. The molecule has 11 heteroatoms. The van der Waals surface area contributed by atoms with Crippen molar-refractivity contribution in [3.63, 3.8) is 0 Å². The highest BCUT2D eigenvalue weighted by molar-refractivity contribution is 7.59. The lowest BCUT2D eigenvalue weighted by atomic mass is 10.0. The predicted octanol–water partition coefficient (Wildman–Crippen LogP) is 1.22. The standard InChI is InChI=1S/C22H30N6O3S.H2S/c1-15(29)28-8-3-17(4-9-28)26-21-10-16(2-6-23-21)22(31)24-11-18(30)12-27-7-5-19-20(13-27)32-14-25-19;/h2,6,10,14,17-18,30H,3-5,7-9,11-13H2,1H3,(H,23,26)(H,24,31);1H2/t18-;/m0./s1. The van der Waals surface area contributed by atoms with Crippen molar-refractivity contribution in [3.8, 4) is 0 Å². The Morgan fingerprint density at radius 3 is 2.82 bits per heavy atom. The average Bonchev–Trinajstić information content (AvgIpc) is 3.26. The molecule has 0 aliphatic carbocycles. The summed E-state index contributed by atoms with van der Waals surface area (Å²) in [6.45, 7) is 5.43. The van der Waals surface area contributed by atoms with Crippen molar-refractivity contribution in [2.24, 2.45) is 0 Å². The van der Waals surface area contributed by atoms with Crippen molar-refractivity contribution >= 4 is 42.5 Å². The van der Waals surface area contributed by atoms with Crippen LogP contribution in [0.15, 0.2) is 23.8 Å². The fourth-order valence-corrected chi connectivity index (χ4v) is 5.06. The first-order chi connectivity index (χ1) is 15.5. The van der Waals surface area contributed by atoms with Crippen LogP contribution >= 0.6 is 24.8 Å². The van der Waals surface area contributed by atoms with Gasteiger partial charge in [0.2, 0.25) is 5.91 Å². The minimum Gasteiger partial charge on any atom is -0.390 e. The number of amides is 2. The maximum atomic E-state index is 12.6. The molecule has 0 radical (unpaired) electrons. The van der Waals surface area contributed by atoms with Crippen LogP contribution in [0.5, 0.6) is 0 Å². The number of nitrogens with zero attached hydrogens (tertiary/aromatic N) is 4. The third-order valence-corrected chi connectivity index (χ3v) is 6.90. The van der Waals surface area contributed by atoms with Gasteiger partial charge in [0, 0.05) is 75.3 Å². The third-order valence-electron chi connectivity index (χ3n) is 6.04. The van der Waals surface area contributed by atoms with E-state index in [0.29, 0.717) is 17.9 Å². The molecule has 2 aliphatic rings. The summed E-state index contributed by atoms with van der Waals surface area (Å²) in [4.78, 5) is 38.1. The summed E-state index contributed by atoms with van der Waals surface area (Å²) in [6, 6.07) is 3.62. The van der Waals surface area contributed by atoms with Crippen LogP contribution in [0.2, 0.25) is 0 Å². The monoisotopic (exact) mass is 492 g/mol. The molecule has 4 rings (SSSR count).